The summed E-state index contributed by atoms with van der Waals surface area (Å²) >= 11 is 0. The van der Waals surface area contributed by atoms with E-state index in [1.165, 1.54) is 6.33 Å². The van der Waals surface area contributed by atoms with E-state index in [-0.39, 0.29) is 0 Å². The molecule has 1 aromatic carbocycles. The predicted octanol–water partition coefficient (Wildman–Crippen LogP) is 1.84. The van der Waals surface area contributed by atoms with Gasteiger partial charge in [0.2, 0.25) is 10.0 Å². The molecule has 0 saturated carbocycles. The summed E-state index contributed by atoms with van der Waals surface area (Å²) in [6.45, 7) is 4.52. The van der Waals surface area contributed by atoms with Crippen molar-refractivity contribution in [3.63, 3.8) is 0 Å². The first-order valence-corrected chi connectivity index (χ1v) is 8.41. The van der Waals surface area contributed by atoms with Crippen LogP contribution in [-0.4, -0.2) is 30.1 Å². The van der Waals surface area contributed by atoms with Gasteiger partial charge in [0.15, 0.2) is 0 Å². The van der Waals surface area contributed by atoms with Gasteiger partial charge in [-0.3, -0.25) is 5.10 Å². The van der Waals surface area contributed by atoms with Crippen molar-refractivity contribution in [1.29, 1.82) is 0 Å². The number of H-pyrrole nitrogens is 1. The van der Waals surface area contributed by atoms with Crippen LogP contribution >= 0.6 is 0 Å². The normalized spacial score (nSPS) is 12.0. The first-order valence-electron chi connectivity index (χ1n) is 6.93. The number of benzene rings is 1. The molecule has 2 N–H and O–H groups in total. The Hall–Kier alpha value is -1.73. The summed E-state index contributed by atoms with van der Waals surface area (Å²) in [5.41, 5.74) is 1.12. The van der Waals surface area contributed by atoms with Gasteiger partial charge in [-0.2, -0.15) is 5.10 Å². The minimum absolute atomic E-state index is 0.298. The number of aromatic amines is 1. The van der Waals surface area contributed by atoms with Crippen LogP contribution in [0.5, 0.6) is 0 Å². The smallest absolute Gasteiger partial charge is 0.240 e. The molecule has 0 amide bonds. The summed E-state index contributed by atoms with van der Waals surface area (Å²) < 4.78 is 26.9. The van der Waals surface area contributed by atoms with Crippen LogP contribution in [0.4, 0.5) is 0 Å². The van der Waals surface area contributed by atoms with E-state index in [0.29, 0.717) is 30.2 Å². The van der Waals surface area contributed by atoms with Gasteiger partial charge in [0, 0.05) is 13.0 Å². The molecule has 1 aromatic heterocycles. The highest BCUT2D eigenvalue weighted by Crippen LogP contribution is 2.17. The third kappa shape index (κ3) is 4.37. The lowest BCUT2D eigenvalue weighted by atomic mass is 10.0. The fraction of sp³-hybridized carbons (Fsp3) is 0.429. The highest BCUT2D eigenvalue weighted by molar-refractivity contribution is 7.89. The van der Waals surface area contributed by atoms with E-state index >= 15 is 0 Å². The fourth-order valence-electron chi connectivity index (χ4n) is 1.93. The van der Waals surface area contributed by atoms with E-state index in [9.17, 15) is 8.42 Å². The average Bonchev–Trinajstić information content (AvgIpc) is 2.97. The number of sulfonamides is 1. The summed E-state index contributed by atoms with van der Waals surface area (Å²) in [5, 5.41) is 6.49. The van der Waals surface area contributed by atoms with Gasteiger partial charge in [0.05, 0.1) is 4.90 Å². The first-order chi connectivity index (χ1) is 9.99. The SMILES string of the molecule is CC(C)c1ccc(S(=O)(=O)NCCCc2ncn[nH]2)cc1. The number of aryl methyl sites for hydroxylation is 1. The summed E-state index contributed by atoms with van der Waals surface area (Å²) in [5.74, 6) is 1.15. The Morgan fingerprint density at radius 3 is 2.52 bits per heavy atom. The Labute approximate surface area is 125 Å². The lowest BCUT2D eigenvalue weighted by molar-refractivity contribution is 0.578. The van der Waals surface area contributed by atoms with Gasteiger partial charge in [-0.1, -0.05) is 26.0 Å². The van der Waals surface area contributed by atoms with Gasteiger partial charge in [-0.25, -0.2) is 18.1 Å². The molecule has 0 radical (unpaired) electrons. The van der Waals surface area contributed by atoms with Crippen molar-refractivity contribution in [1.82, 2.24) is 19.9 Å². The molecule has 0 saturated heterocycles. The molecule has 7 heteroatoms. The van der Waals surface area contributed by atoms with Crippen LogP contribution < -0.4 is 4.72 Å². The van der Waals surface area contributed by atoms with E-state index in [0.717, 1.165) is 11.4 Å². The molecule has 0 unspecified atom stereocenters. The molecule has 0 aliphatic carbocycles. The zero-order valence-corrected chi connectivity index (χ0v) is 13.0. The van der Waals surface area contributed by atoms with Gasteiger partial charge in [0.1, 0.15) is 12.2 Å². The Morgan fingerprint density at radius 2 is 1.95 bits per heavy atom. The van der Waals surface area contributed by atoms with Gasteiger partial charge in [-0.15, -0.1) is 0 Å². The highest BCUT2D eigenvalue weighted by Gasteiger charge is 2.13. The van der Waals surface area contributed by atoms with E-state index in [2.05, 4.69) is 33.8 Å². The lowest BCUT2D eigenvalue weighted by Crippen LogP contribution is -2.25. The number of rotatable bonds is 7. The lowest BCUT2D eigenvalue weighted by Gasteiger charge is -2.09. The molecule has 1 heterocycles. The van der Waals surface area contributed by atoms with E-state index in [1.54, 1.807) is 12.1 Å². The molecule has 6 nitrogen and oxygen atoms in total. The highest BCUT2D eigenvalue weighted by atomic mass is 32.2. The minimum Gasteiger partial charge on any atom is -0.263 e. The van der Waals surface area contributed by atoms with Crippen molar-refractivity contribution in [3.05, 3.63) is 42.0 Å². The van der Waals surface area contributed by atoms with Crippen LogP contribution in [0.3, 0.4) is 0 Å². The molecule has 21 heavy (non-hydrogen) atoms. The standard InChI is InChI=1S/C14H20N4O2S/c1-11(2)12-5-7-13(8-6-12)21(19,20)17-9-3-4-14-15-10-16-18-14/h5-8,10-11,17H,3-4,9H2,1-2H3,(H,15,16,18). The Morgan fingerprint density at radius 1 is 1.24 bits per heavy atom. The molecular formula is C14H20N4O2S. The number of nitrogens with one attached hydrogen (secondary N) is 2. The van der Waals surface area contributed by atoms with Gasteiger partial charge in [0.25, 0.3) is 0 Å². The molecule has 0 fully saturated rings. The third-order valence-corrected chi connectivity index (χ3v) is 4.68. The summed E-state index contributed by atoms with van der Waals surface area (Å²) in [6.07, 6.45) is 2.77. The molecule has 0 aliphatic rings. The van der Waals surface area contributed by atoms with Crippen molar-refractivity contribution >= 4 is 10.0 Å². The van der Waals surface area contributed by atoms with Crippen molar-refractivity contribution in [2.75, 3.05) is 6.54 Å². The molecule has 0 spiro atoms. The number of hydrogen-bond acceptors (Lipinski definition) is 4. The number of aromatic nitrogens is 3. The summed E-state index contributed by atoms with van der Waals surface area (Å²) in [4.78, 5) is 4.29. The molecule has 0 bridgehead atoms. The summed E-state index contributed by atoms with van der Waals surface area (Å²) in [7, 11) is -3.44. The van der Waals surface area contributed by atoms with Crippen molar-refractivity contribution in [2.24, 2.45) is 0 Å². The van der Waals surface area contributed by atoms with E-state index < -0.39 is 10.0 Å². The molecular weight excluding hydrogens is 288 g/mol. The second-order valence-electron chi connectivity index (χ2n) is 5.16. The topological polar surface area (TPSA) is 87.7 Å². The quantitative estimate of drug-likeness (QED) is 0.764. The average molecular weight is 308 g/mol. The number of hydrogen-bond donors (Lipinski definition) is 2. The fourth-order valence-corrected chi connectivity index (χ4v) is 3.00. The van der Waals surface area contributed by atoms with Crippen molar-refractivity contribution in [3.8, 4) is 0 Å². The maximum atomic E-state index is 12.1. The second-order valence-corrected chi connectivity index (χ2v) is 6.92. The molecule has 2 aromatic rings. The van der Waals surface area contributed by atoms with Crippen LogP contribution in [0.2, 0.25) is 0 Å². The minimum atomic E-state index is -3.44. The maximum absolute atomic E-state index is 12.1. The van der Waals surface area contributed by atoms with Crippen LogP contribution in [0.15, 0.2) is 35.5 Å². The Kier molecular flexibility index (Phi) is 5.08. The summed E-state index contributed by atoms with van der Waals surface area (Å²) in [6, 6.07) is 7.00. The van der Waals surface area contributed by atoms with E-state index in [1.807, 2.05) is 12.1 Å². The monoisotopic (exact) mass is 308 g/mol. The van der Waals surface area contributed by atoms with Crippen LogP contribution in [0, 0.1) is 0 Å². The second kappa shape index (κ2) is 6.82. The third-order valence-electron chi connectivity index (χ3n) is 3.20. The molecule has 0 aliphatic heterocycles. The first kappa shape index (κ1) is 15.7. The van der Waals surface area contributed by atoms with Crippen LogP contribution in [0.25, 0.3) is 0 Å². The van der Waals surface area contributed by atoms with Crippen LogP contribution in [-0.2, 0) is 16.4 Å². The zero-order chi connectivity index (χ0) is 15.3. The van der Waals surface area contributed by atoms with Crippen molar-refractivity contribution < 1.29 is 8.42 Å². The predicted molar refractivity (Wildman–Crippen MR) is 80.4 cm³/mol. The molecule has 114 valence electrons. The largest absolute Gasteiger partial charge is 0.263 e. The molecule has 2 rings (SSSR count). The van der Waals surface area contributed by atoms with Gasteiger partial charge >= 0.3 is 0 Å². The van der Waals surface area contributed by atoms with Gasteiger partial charge < -0.3 is 0 Å². The van der Waals surface area contributed by atoms with Crippen molar-refractivity contribution in [2.45, 2.75) is 37.5 Å². The zero-order valence-electron chi connectivity index (χ0n) is 12.2. The van der Waals surface area contributed by atoms with Crippen LogP contribution in [0.1, 0.15) is 37.6 Å². The van der Waals surface area contributed by atoms with E-state index in [4.69, 9.17) is 0 Å². The maximum Gasteiger partial charge on any atom is 0.240 e. The van der Waals surface area contributed by atoms with Gasteiger partial charge in [-0.05, 0) is 30.0 Å². The molecule has 0 atom stereocenters. The number of nitrogens with zero attached hydrogens (tertiary/aromatic N) is 2. The Bertz CT molecular complexity index is 649. The Balaban J connectivity index is 1.89.